The van der Waals surface area contributed by atoms with E-state index in [-0.39, 0.29) is 12.7 Å². The lowest BCUT2D eigenvalue weighted by Gasteiger charge is -2.08. The van der Waals surface area contributed by atoms with Gasteiger partial charge in [0.15, 0.2) is 11.5 Å². The highest BCUT2D eigenvalue weighted by atomic mass is 16.7. The second kappa shape index (κ2) is 7.73. The van der Waals surface area contributed by atoms with Crippen LogP contribution >= 0.6 is 0 Å². The van der Waals surface area contributed by atoms with Gasteiger partial charge in [-0.3, -0.25) is 4.79 Å². The standard InChI is InChI=1S/C19H21NO4/c1-14-2-6-16(7-3-14)22-11-10-20-19(21)9-5-15-4-8-17-18(12-15)24-13-23-17/h2-4,6-8,12H,5,9-11,13H2,1H3,(H,20,21). The molecule has 2 aromatic carbocycles. The normalized spacial score (nSPS) is 12.0. The van der Waals surface area contributed by atoms with Gasteiger partial charge in [0.25, 0.3) is 0 Å². The second-order valence-corrected chi connectivity index (χ2v) is 5.70. The third kappa shape index (κ3) is 4.41. The van der Waals surface area contributed by atoms with Crippen molar-refractivity contribution >= 4 is 5.91 Å². The van der Waals surface area contributed by atoms with Crippen molar-refractivity contribution in [3.63, 3.8) is 0 Å². The van der Waals surface area contributed by atoms with Gasteiger partial charge in [0.05, 0.1) is 6.54 Å². The zero-order valence-electron chi connectivity index (χ0n) is 13.7. The van der Waals surface area contributed by atoms with Gasteiger partial charge in [-0.2, -0.15) is 0 Å². The fraction of sp³-hybridized carbons (Fsp3) is 0.316. The maximum atomic E-state index is 11.9. The van der Waals surface area contributed by atoms with Crippen LogP contribution in [0.15, 0.2) is 42.5 Å². The highest BCUT2D eigenvalue weighted by Gasteiger charge is 2.13. The van der Waals surface area contributed by atoms with E-state index in [0.29, 0.717) is 26.0 Å². The number of rotatable bonds is 7. The number of hydrogen-bond donors (Lipinski definition) is 1. The van der Waals surface area contributed by atoms with Crippen LogP contribution in [0.1, 0.15) is 17.5 Å². The minimum absolute atomic E-state index is 0.0140. The molecule has 3 rings (SSSR count). The molecule has 0 saturated heterocycles. The van der Waals surface area contributed by atoms with Gasteiger partial charge in [-0.1, -0.05) is 23.8 Å². The minimum atomic E-state index is 0.0140. The van der Waals surface area contributed by atoms with Gasteiger partial charge < -0.3 is 19.5 Å². The molecule has 1 N–H and O–H groups in total. The van der Waals surface area contributed by atoms with E-state index in [1.165, 1.54) is 5.56 Å². The van der Waals surface area contributed by atoms with Crippen LogP contribution in [0.4, 0.5) is 0 Å². The van der Waals surface area contributed by atoms with Crippen LogP contribution in [-0.4, -0.2) is 25.9 Å². The van der Waals surface area contributed by atoms with E-state index in [2.05, 4.69) is 5.32 Å². The maximum Gasteiger partial charge on any atom is 0.231 e. The molecule has 0 spiro atoms. The van der Waals surface area contributed by atoms with Gasteiger partial charge in [-0.25, -0.2) is 0 Å². The summed E-state index contributed by atoms with van der Waals surface area (Å²) in [5.74, 6) is 2.34. The van der Waals surface area contributed by atoms with Crippen LogP contribution in [0.2, 0.25) is 0 Å². The van der Waals surface area contributed by atoms with Gasteiger partial charge in [-0.05, 0) is 43.2 Å². The second-order valence-electron chi connectivity index (χ2n) is 5.70. The molecule has 1 amide bonds. The lowest BCUT2D eigenvalue weighted by atomic mass is 10.1. The smallest absolute Gasteiger partial charge is 0.231 e. The van der Waals surface area contributed by atoms with Crippen molar-refractivity contribution in [2.75, 3.05) is 19.9 Å². The van der Waals surface area contributed by atoms with E-state index < -0.39 is 0 Å². The molecule has 1 heterocycles. The van der Waals surface area contributed by atoms with Crippen molar-refractivity contribution in [2.24, 2.45) is 0 Å². The van der Waals surface area contributed by atoms with Gasteiger partial charge in [0.1, 0.15) is 12.4 Å². The number of amides is 1. The van der Waals surface area contributed by atoms with Crippen LogP contribution < -0.4 is 19.5 Å². The molecular weight excluding hydrogens is 306 g/mol. The first kappa shape index (κ1) is 16.2. The highest BCUT2D eigenvalue weighted by molar-refractivity contribution is 5.76. The molecule has 0 radical (unpaired) electrons. The van der Waals surface area contributed by atoms with E-state index in [1.54, 1.807) is 0 Å². The number of nitrogens with one attached hydrogen (secondary N) is 1. The highest BCUT2D eigenvalue weighted by Crippen LogP contribution is 2.32. The van der Waals surface area contributed by atoms with E-state index in [9.17, 15) is 4.79 Å². The predicted molar refractivity (Wildman–Crippen MR) is 90.6 cm³/mol. The van der Waals surface area contributed by atoms with E-state index >= 15 is 0 Å². The molecule has 0 fully saturated rings. The summed E-state index contributed by atoms with van der Waals surface area (Å²) in [6.07, 6.45) is 1.10. The first-order valence-corrected chi connectivity index (χ1v) is 8.05. The fourth-order valence-electron chi connectivity index (χ4n) is 2.44. The Bertz CT molecular complexity index is 697. The van der Waals surface area contributed by atoms with Crippen molar-refractivity contribution in [1.82, 2.24) is 5.32 Å². The molecule has 0 aliphatic carbocycles. The topological polar surface area (TPSA) is 56.8 Å². The molecule has 0 bridgehead atoms. The summed E-state index contributed by atoms with van der Waals surface area (Å²) in [6.45, 7) is 3.25. The number of carbonyl (C=O) groups is 1. The molecule has 5 heteroatoms. The minimum Gasteiger partial charge on any atom is -0.492 e. The van der Waals surface area contributed by atoms with Gasteiger partial charge in [-0.15, -0.1) is 0 Å². The SMILES string of the molecule is Cc1ccc(OCCNC(=O)CCc2ccc3c(c2)OCO3)cc1. The van der Waals surface area contributed by atoms with Gasteiger partial charge in [0, 0.05) is 6.42 Å². The van der Waals surface area contributed by atoms with Gasteiger partial charge in [0.2, 0.25) is 12.7 Å². The van der Waals surface area contributed by atoms with Crippen molar-refractivity contribution < 1.29 is 19.0 Å². The van der Waals surface area contributed by atoms with Crippen molar-refractivity contribution in [3.05, 3.63) is 53.6 Å². The Labute approximate surface area is 141 Å². The average molecular weight is 327 g/mol. The largest absolute Gasteiger partial charge is 0.492 e. The van der Waals surface area contributed by atoms with Crippen LogP contribution in [0.5, 0.6) is 17.2 Å². The zero-order valence-corrected chi connectivity index (χ0v) is 13.7. The third-order valence-corrected chi connectivity index (χ3v) is 3.79. The Hall–Kier alpha value is -2.69. The van der Waals surface area contributed by atoms with Crippen LogP contribution in [0.3, 0.4) is 0 Å². The summed E-state index contributed by atoms with van der Waals surface area (Å²) in [6, 6.07) is 13.6. The fourth-order valence-corrected chi connectivity index (χ4v) is 2.44. The first-order chi connectivity index (χ1) is 11.7. The van der Waals surface area contributed by atoms with Crippen LogP contribution in [-0.2, 0) is 11.2 Å². The molecule has 1 aliphatic heterocycles. The molecule has 2 aromatic rings. The van der Waals surface area contributed by atoms with Crippen molar-refractivity contribution in [1.29, 1.82) is 0 Å². The Kier molecular flexibility index (Phi) is 5.21. The zero-order chi connectivity index (χ0) is 16.8. The Balaban J connectivity index is 1.34. The summed E-state index contributed by atoms with van der Waals surface area (Å²) in [5.41, 5.74) is 2.25. The van der Waals surface area contributed by atoms with E-state index in [4.69, 9.17) is 14.2 Å². The van der Waals surface area contributed by atoms with Crippen LogP contribution in [0.25, 0.3) is 0 Å². The predicted octanol–water partition coefficient (Wildman–Crippen LogP) is 2.85. The Morgan fingerprint density at radius 1 is 1.12 bits per heavy atom. The van der Waals surface area contributed by atoms with Gasteiger partial charge >= 0.3 is 0 Å². The quantitative estimate of drug-likeness (QED) is 0.795. The molecule has 0 saturated carbocycles. The first-order valence-electron chi connectivity index (χ1n) is 8.05. The average Bonchev–Trinajstić information content (AvgIpc) is 3.06. The van der Waals surface area contributed by atoms with Crippen molar-refractivity contribution in [3.8, 4) is 17.2 Å². The van der Waals surface area contributed by atoms with Crippen LogP contribution in [0, 0.1) is 6.92 Å². The summed E-state index contributed by atoms with van der Waals surface area (Å²) in [5, 5.41) is 2.87. The molecule has 0 aromatic heterocycles. The number of carbonyl (C=O) groups excluding carboxylic acids is 1. The number of fused-ring (bicyclic) bond motifs is 1. The Morgan fingerprint density at radius 2 is 1.92 bits per heavy atom. The third-order valence-electron chi connectivity index (χ3n) is 3.79. The number of hydrogen-bond acceptors (Lipinski definition) is 4. The number of benzene rings is 2. The molecule has 0 atom stereocenters. The maximum absolute atomic E-state index is 11.9. The lowest BCUT2D eigenvalue weighted by molar-refractivity contribution is -0.121. The summed E-state index contributed by atoms with van der Waals surface area (Å²) >= 11 is 0. The molecule has 126 valence electrons. The molecule has 0 unspecified atom stereocenters. The number of ether oxygens (including phenoxy) is 3. The molecule has 1 aliphatic rings. The summed E-state index contributed by atoms with van der Waals surface area (Å²) in [7, 11) is 0. The lowest BCUT2D eigenvalue weighted by Crippen LogP contribution is -2.28. The molecule has 5 nitrogen and oxygen atoms in total. The van der Waals surface area contributed by atoms with E-state index in [1.807, 2.05) is 49.4 Å². The molecular formula is C19H21NO4. The summed E-state index contributed by atoms with van der Waals surface area (Å²) < 4.78 is 16.2. The molecule has 24 heavy (non-hydrogen) atoms. The Morgan fingerprint density at radius 3 is 2.75 bits per heavy atom. The van der Waals surface area contributed by atoms with E-state index in [0.717, 1.165) is 22.8 Å². The van der Waals surface area contributed by atoms with Crippen molar-refractivity contribution in [2.45, 2.75) is 19.8 Å². The number of aryl methyl sites for hydroxylation is 2. The monoisotopic (exact) mass is 327 g/mol. The summed E-state index contributed by atoms with van der Waals surface area (Å²) in [4.78, 5) is 11.9.